The van der Waals surface area contributed by atoms with Gasteiger partial charge in [-0.1, -0.05) is 30.2 Å². The van der Waals surface area contributed by atoms with E-state index in [4.69, 9.17) is 11.6 Å². The minimum atomic E-state index is -3.56. The van der Waals surface area contributed by atoms with Gasteiger partial charge in [-0.15, -0.1) is 0 Å². The van der Waals surface area contributed by atoms with E-state index in [9.17, 15) is 13.2 Å². The Morgan fingerprint density at radius 2 is 1.81 bits per heavy atom. The van der Waals surface area contributed by atoms with E-state index in [0.717, 1.165) is 19.3 Å². The molecule has 26 heavy (non-hydrogen) atoms. The maximum absolute atomic E-state index is 13.0. The van der Waals surface area contributed by atoms with Crippen molar-refractivity contribution in [2.24, 2.45) is 0 Å². The van der Waals surface area contributed by atoms with Gasteiger partial charge in [-0.3, -0.25) is 4.79 Å². The fourth-order valence-corrected chi connectivity index (χ4v) is 4.99. The molecule has 0 bridgehead atoms. The minimum Gasteiger partial charge on any atom is -0.322 e. The molecule has 2 aromatic carbocycles. The minimum absolute atomic E-state index is 0.239. The number of aryl methyl sites for hydroxylation is 1. The number of carbonyl (C=O) groups is 1. The average Bonchev–Trinajstić information content (AvgIpc) is 2.64. The van der Waals surface area contributed by atoms with Gasteiger partial charge in [0, 0.05) is 29.4 Å². The average molecular weight is 393 g/mol. The predicted molar refractivity (Wildman–Crippen MR) is 103 cm³/mol. The summed E-state index contributed by atoms with van der Waals surface area (Å²) < 4.78 is 27.4. The SMILES string of the molecule is Cc1ccc(NC(=O)c2cccc(Cl)c2)cc1S(=O)(=O)N1CCCCC1. The van der Waals surface area contributed by atoms with Crippen LogP contribution in [0.1, 0.15) is 35.2 Å². The number of hydrogen-bond acceptors (Lipinski definition) is 3. The van der Waals surface area contributed by atoms with Crippen molar-refractivity contribution in [3.05, 3.63) is 58.6 Å². The lowest BCUT2D eigenvalue weighted by Gasteiger charge is -2.26. The van der Waals surface area contributed by atoms with Gasteiger partial charge < -0.3 is 5.32 Å². The van der Waals surface area contributed by atoms with Crippen LogP contribution in [0.2, 0.25) is 5.02 Å². The quantitative estimate of drug-likeness (QED) is 0.852. The van der Waals surface area contributed by atoms with E-state index in [1.165, 1.54) is 10.4 Å². The zero-order chi connectivity index (χ0) is 18.7. The Balaban J connectivity index is 1.86. The number of carbonyl (C=O) groups excluding carboxylic acids is 1. The number of anilines is 1. The van der Waals surface area contributed by atoms with E-state index in [1.807, 2.05) is 0 Å². The largest absolute Gasteiger partial charge is 0.322 e. The van der Waals surface area contributed by atoms with Crippen molar-refractivity contribution >= 4 is 33.2 Å². The zero-order valence-electron chi connectivity index (χ0n) is 14.5. The summed E-state index contributed by atoms with van der Waals surface area (Å²) in [5.41, 5.74) is 1.52. The molecule has 1 saturated heterocycles. The molecule has 0 aromatic heterocycles. The Labute approximate surface area is 159 Å². The van der Waals surface area contributed by atoms with Gasteiger partial charge in [-0.05, 0) is 55.7 Å². The van der Waals surface area contributed by atoms with Gasteiger partial charge in [0.15, 0.2) is 0 Å². The molecule has 0 radical (unpaired) electrons. The second kappa shape index (κ2) is 7.78. The summed E-state index contributed by atoms with van der Waals surface area (Å²) in [6.07, 6.45) is 2.81. The second-order valence-electron chi connectivity index (χ2n) is 6.41. The second-order valence-corrected chi connectivity index (χ2v) is 8.75. The van der Waals surface area contributed by atoms with E-state index in [-0.39, 0.29) is 10.8 Å². The molecule has 138 valence electrons. The molecule has 1 heterocycles. The van der Waals surface area contributed by atoms with E-state index in [0.29, 0.717) is 34.9 Å². The van der Waals surface area contributed by atoms with Crippen molar-refractivity contribution in [2.45, 2.75) is 31.1 Å². The van der Waals surface area contributed by atoms with Crippen LogP contribution in [-0.2, 0) is 10.0 Å². The number of sulfonamides is 1. The number of piperidine rings is 1. The highest BCUT2D eigenvalue weighted by Crippen LogP contribution is 2.26. The summed E-state index contributed by atoms with van der Waals surface area (Å²) in [6.45, 7) is 2.85. The molecule has 1 aliphatic heterocycles. The highest BCUT2D eigenvalue weighted by atomic mass is 35.5. The van der Waals surface area contributed by atoms with E-state index < -0.39 is 10.0 Å². The molecule has 1 fully saturated rings. The van der Waals surface area contributed by atoms with Crippen LogP contribution >= 0.6 is 11.6 Å². The normalized spacial score (nSPS) is 15.6. The lowest BCUT2D eigenvalue weighted by Crippen LogP contribution is -2.36. The van der Waals surface area contributed by atoms with Gasteiger partial charge >= 0.3 is 0 Å². The maximum atomic E-state index is 13.0. The molecular weight excluding hydrogens is 372 g/mol. The highest BCUT2D eigenvalue weighted by Gasteiger charge is 2.27. The third-order valence-corrected chi connectivity index (χ3v) is 6.74. The summed E-state index contributed by atoms with van der Waals surface area (Å²) in [5, 5.41) is 3.22. The number of rotatable bonds is 4. The van der Waals surface area contributed by atoms with Crippen LogP contribution in [-0.4, -0.2) is 31.7 Å². The fraction of sp³-hybridized carbons (Fsp3) is 0.316. The molecule has 0 spiro atoms. The van der Waals surface area contributed by atoms with Crippen molar-refractivity contribution in [3.63, 3.8) is 0 Å². The van der Waals surface area contributed by atoms with E-state index in [2.05, 4.69) is 5.32 Å². The Bertz CT molecular complexity index is 922. The third kappa shape index (κ3) is 4.09. The molecule has 0 aliphatic carbocycles. The predicted octanol–water partition coefficient (Wildman–Crippen LogP) is 4.08. The lowest BCUT2D eigenvalue weighted by atomic mass is 10.2. The van der Waals surface area contributed by atoms with Crippen LogP contribution in [0, 0.1) is 6.92 Å². The number of hydrogen-bond donors (Lipinski definition) is 1. The summed E-state index contributed by atoms with van der Waals surface area (Å²) in [6, 6.07) is 11.5. The molecule has 5 nitrogen and oxygen atoms in total. The molecule has 0 atom stereocenters. The third-order valence-electron chi connectivity index (χ3n) is 4.47. The van der Waals surface area contributed by atoms with Crippen molar-refractivity contribution < 1.29 is 13.2 Å². The molecule has 1 aliphatic rings. The molecule has 1 N–H and O–H groups in total. The van der Waals surface area contributed by atoms with Gasteiger partial charge in [0.25, 0.3) is 5.91 Å². The summed E-state index contributed by atoms with van der Waals surface area (Å²) >= 11 is 5.92. The molecule has 0 saturated carbocycles. The van der Waals surface area contributed by atoms with Crippen LogP contribution in [0.25, 0.3) is 0 Å². The summed E-state index contributed by atoms with van der Waals surface area (Å²) in [4.78, 5) is 12.6. The van der Waals surface area contributed by atoms with Gasteiger partial charge in [-0.25, -0.2) is 8.42 Å². The molecule has 3 rings (SSSR count). The molecule has 7 heteroatoms. The van der Waals surface area contributed by atoms with Gasteiger partial charge in [0.05, 0.1) is 4.90 Å². The van der Waals surface area contributed by atoms with Crippen molar-refractivity contribution in [1.82, 2.24) is 4.31 Å². The maximum Gasteiger partial charge on any atom is 0.255 e. The topological polar surface area (TPSA) is 66.5 Å². The number of benzene rings is 2. The van der Waals surface area contributed by atoms with Crippen LogP contribution in [0.3, 0.4) is 0 Å². The molecule has 2 aromatic rings. The van der Waals surface area contributed by atoms with E-state index >= 15 is 0 Å². The Hall–Kier alpha value is -1.89. The highest BCUT2D eigenvalue weighted by molar-refractivity contribution is 7.89. The van der Waals surface area contributed by atoms with Gasteiger partial charge in [0.2, 0.25) is 10.0 Å². The molecule has 0 unspecified atom stereocenters. The molecule has 1 amide bonds. The zero-order valence-corrected chi connectivity index (χ0v) is 16.1. The van der Waals surface area contributed by atoms with Crippen LogP contribution in [0.4, 0.5) is 5.69 Å². The Morgan fingerprint density at radius 3 is 2.50 bits per heavy atom. The first-order valence-corrected chi connectivity index (χ1v) is 10.4. The number of nitrogens with zero attached hydrogens (tertiary/aromatic N) is 1. The first kappa shape index (κ1) is 18.9. The Kier molecular flexibility index (Phi) is 5.65. The number of halogens is 1. The lowest BCUT2D eigenvalue weighted by molar-refractivity contribution is 0.102. The first-order chi connectivity index (χ1) is 12.4. The van der Waals surface area contributed by atoms with Gasteiger partial charge in [-0.2, -0.15) is 4.31 Å². The first-order valence-electron chi connectivity index (χ1n) is 8.55. The van der Waals surface area contributed by atoms with E-state index in [1.54, 1.807) is 43.3 Å². The van der Waals surface area contributed by atoms with Crippen molar-refractivity contribution in [1.29, 1.82) is 0 Å². The molecular formula is C19H21ClN2O3S. The fourth-order valence-electron chi connectivity index (χ4n) is 3.03. The monoisotopic (exact) mass is 392 g/mol. The van der Waals surface area contributed by atoms with Gasteiger partial charge in [0.1, 0.15) is 0 Å². The summed E-state index contributed by atoms with van der Waals surface area (Å²) in [5.74, 6) is -0.335. The van der Waals surface area contributed by atoms with Crippen LogP contribution in [0.5, 0.6) is 0 Å². The smallest absolute Gasteiger partial charge is 0.255 e. The van der Waals surface area contributed by atoms with Crippen molar-refractivity contribution in [3.8, 4) is 0 Å². The van der Waals surface area contributed by atoms with Crippen molar-refractivity contribution in [2.75, 3.05) is 18.4 Å². The van der Waals surface area contributed by atoms with Crippen LogP contribution < -0.4 is 5.32 Å². The number of amides is 1. The number of nitrogens with one attached hydrogen (secondary N) is 1. The van der Waals surface area contributed by atoms with Crippen LogP contribution in [0.15, 0.2) is 47.4 Å². The standard InChI is InChI=1S/C19H21ClN2O3S/c1-14-8-9-17(21-19(23)15-6-5-7-16(20)12-15)13-18(14)26(24,25)22-10-3-2-4-11-22/h5-9,12-13H,2-4,10-11H2,1H3,(H,21,23). The summed E-state index contributed by atoms with van der Waals surface area (Å²) in [7, 11) is -3.56. The Morgan fingerprint density at radius 1 is 1.08 bits per heavy atom.